The lowest BCUT2D eigenvalue weighted by Crippen LogP contribution is -2.62. The van der Waals surface area contributed by atoms with Gasteiger partial charge in [-0.3, -0.25) is 9.59 Å². The molecular formula is C22H32O6. The molecule has 2 aliphatic carbocycles. The highest BCUT2D eigenvalue weighted by molar-refractivity contribution is 5.97. The molecule has 0 spiro atoms. The Hall–Kier alpha value is -1.69. The summed E-state index contributed by atoms with van der Waals surface area (Å²) in [5.74, 6) is -0.762. The number of ketones is 1. The van der Waals surface area contributed by atoms with Crippen molar-refractivity contribution in [2.45, 2.75) is 97.6 Å². The summed E-state index contributed by atoms with van der Waals surface area (Å²) in [7, 11) is 0. The molecule has 0 unspecified atom stereocenters. The molecular weight excluding hydrogens is 360 g/mol. The topological polar surface area (TPSA) is 82.2 Å². The smallest absolute Gasteiger partial charge is 0.341 e. The Kier molecular flexibility index (Phi) is 5.02. The number of epoxide rings is 1. The van der Waals surface area contributed by atoms with Crippen molar-refractivity contribution < 1.29 is 28.6 Å². The molecule has 3 aliphatic rings. The first-order chi connectivity index (χ1) is 12.8. The molecule has 0 aromatic heterocycles. The number of allylic oxidation sites excluding steroid dienone is 2. The molecule has 0 radical (unpaired) electrons. The van der Waals surface area contributed by atoms with Crippen LogP contribution in [0.25, 0.3) is 0 Å². The standard InChI is InChI=1S/C22H32O6/c1-12(2)15-10-17-20(5,11-16(15)24)9-8-18(22(17,7)28-14(4)23)26-19(25)21(6)13(3)27-21/h13,17-18H,8-11H2,1-7H3/t13-,17+,18+,20+,21-,22-/m0/s1. The zero-order chi connectivity index (χ0) is 21.1. The molecule has 156 valence electrons. The van der Waals surface area contributed by atoms with Crippen LogP contribution in [0.15, 0.2) is 11.1 Å². The fourth-order valence-corrected chi connectivity index (χ4v) is 5.19. The van der Waals surface area contributed by atoms with Crippen LogP contribution in [0.2, 0.25) is 0 Å². The summed E-state index contributed by atoms with van der Waals surface area (Å²) in [5, 5.41) is 0. The van der Waals surface area contributed by atoms with Gasteiger partial charge in [0.15, 0.2) is 11.4 Å². The molecule has 0 amide bonds. The van der Waals surface area contributed by atoms with E-state index < -0.39 is 29.2 Å². The normalized spacial score (nSPS) is 42.5. The highest BCUT2D eigenvalue weighted by Gasteiger charge is 2.63. The first kappa shape index (κ1) is 21.0. The van der Waals surface area contributed by atoms with Gasteiger partial charge in [-0.1, -0.05) is 12.5 Å². The Morgan fingerprint density at radius 1 is 1.14 bits per heavy atom. The monoisotopic (exact) mass is 392 g/mol. The number of Topliss-reactive ketones (excluding diaryl/α,β-unsaturated/α-hetero) is 1. The number of ether oxygens (including phenoxy) is 3. The maximum absolute atomic E-state index is 12.7. The second kappa shape index (κ2) is 6.68. The lowest BCUT2D eigenvalue weighted by Gasteiger charge is -2.56. The molecule has 28 heavy (non-hydrogen) atoms. The van der Waals surface area contributed by atoms with Crippen LogP contribution in [0.4, 0.5) is 0 Å². The molecule has 6 heteroatoms. The van der Waals surface area contributed by atoms with Crippen molar-refractivity contribution in [2.75, 3.05) is 0 Å². The van der Waals surface area contributed by atoms with E-state index in [-0.39, 0.29) is 23.2 Å². The summed E-state index contributed by atoms with van der Waals surface area (Å²) in [6, 6.07) is 0. The Morgan fingerprint density at radius 3 is 2.25 bits per heavy atom. The van der Waals surface area contributed by atoms with E-state index in [4.69, 9.17) is 14.2 Å². The SMILES string of the molecule is CC(=O)O[C@@]1(C)[C@@H]2CC(=C(C)C)C(=O)C[C@@]2(C)CC[C@H]1OC(=O)[C@@]1(C)O[C@H]1C. The highest BCUT2D eigenvalue weighted by Crippen LogP contribution is 2.57. The minimum atomic E-state index is -0.996. The molecule has 3 fully saturated rings. The van der Waals surface area contributed by atoms with Crippen LogP contribution >= 0.6 is 0 Å². The van der Waals surface area contributed by atoms with Crippen LogP contribution in [0, 0.1) is 11.3 Å². The molecule has 3 rings (SSSR count). The van der Waals surface area contributed by atoms with E-state index in [1.165, 1.54) is 6.92 Å². The molecule has 0 aromatic carbocycles. The lowest BCUT2D eigenvalue weighted by atomic mass is 9.53. The van der Waals surface area contributed by atoms with Crippen LogP contribution in [0.3, 0.4) is 0 Å². The fraction of sp³-hybridized carbons (Fsp3) is 0.773. The second-order valence-corrected chi connectivity index (χ2v) is 9.57. The highest BCUT2D eigenvalue weighted by atomic mass is 16.7. The van der Waals surface area contributed by atoms with Gasteiger partial charge in [0.2, 0.25) is 0 Å². The maximum Gasteiger partial charge on any atom is 0.341 e. The van der Waals surface area contributed by atoms with Crippen LogP contribution in [0.1, 0.15) is 74.1 Å². The van der Waals surface area contributed by atoms with Crippen molar-refractivity contribution in [1.29, 1.82) is 0 Å². The summed E-state index contributed by atoms with van der Waals surface area (Å²) in [6.07, 6.45) is 1.49. The van der Waals surface area contributed by atoms with Gasteiger partial charge in [0.25, 0.3) is 0 Å². The zero-order valence-electron chi connectivity index (χ0n) is 18.0. The number of hydrogen-bond acceptors (Lipinski definition) is 6. The molecule has 0 bridgehead atoms. The fourth-order valence-electron chi connectivity index (χ4n) is 5.19. The number of hydrogen-bond donors (Lipinski definition) is 0. The molecule has 6 nitrogen and oxygen atoms in total. The minimum Gasteiger partial charge on any atom is -0.456 e. The van der Waals surface area contributed by atoms with Gasteiger partial charge in [-0.15, -0.1) is 0 Å². The Labute approximate surface area is 167 Å². The van der Waals surface area contributed by atoms with Gasteiger partial charge in [0.1, 0.15) is 11.7 Å². The number of carbonyl (C=O) groups excluding carboxylic acids is 3. The largest absolute Gasteiger partial charge is 0.456 e. The number of rotatable bonds is 3. The molecule has 2 saturated carbocycles. The van der Waals surface area contributed by atoms with Crippen molar-refractivity contribution in [3.63, 3.8) is 0 Å². The summed E-state index contributed by atoms with van der Waals surface area (Å²) in [5.41, 5.74) is -0.422. The van der Waals surface area contributed by atoms with E-state index in [2.05, 4.69) is 6.92 Å². The van der Waals surface area contributed by atoms with Gasteiger partial charge < -0.3 is 14.2 Å². The van der Waals surface area contributed by atoms with Crippen molar-refractivity contribution in [3.05, 3.63) is 11.1 Å². The van der Waals surface area contributed by atoms with Gasteiger partial charge in [-0.2, -0.15) is 0 Å². The number of fused-ring (bicyclic) bond motifs is 1. The van der Waals surface area contributed by atoms with E-state index in [1.807, 2.05) is 27.7 Å². The summed E-state index contributed by atoms with van der Waals surface area (Å²) in [4.78, 5) is 37.4. The quantitative estimate of drug-likeness (QED) is 0.415. The predicted octanol–water partition coefficient (Wildman–Crippen LogP) is 3.51. The summed E-state index contributed by atoms with van der Waals surface area (Å²) >= 11 is 0. The van der Waals surface area contributed by atoms with E-state index in [1.54, 1.807) is 6.92 Å². The Bertz CT molecular complexity index is 750. The van der Waals surface area contributed by atoms with Crippen molar-refractivity contribution in [3.8, 4) is 0 Å². The van der Waals surface area contributed by atoms with E-state index >= 15 is 0 Å². The Morgan fingerprint density at radius 2 is 1.75 bits per heavy atom. The van der Waals surface area contributed by atoms with E-state index in [0.29, 0.717) is 19.3 Å². The zero-order valence-corrected chi connectivity index (χ0v) is 18.0. The molecule has 6 atom stereocenters. The van der Waals surface area contributed by atoms with E-state index in [9.17, 15) is 14.4 Å². The third kappa shape index (κ3) is 3.30. The first-order valence-electron chi connectivity index (χ1n) is 10.1. The predicted molar refractivity (Wildman–Crippen MR) is 102 cm³/mol. The second-order valence-electron chi connectivity index (χ2n) is 9.57. The summed E-state index contributed by atoms with van der Waals surface area (Å²) < 4.78 is 17.2. The van der Waals surface area contributed by atoms with Crippen LogP contribution in [0.5, 0.6) is 0 Å². The van der Waals surface area contributed by atoms with Crippen LogP contribution in [-0.2, 0) is 28.6 Å². The maximum atomic E-state index is 12.7. The average Bonchev–Trinajstić information content (AvgIpc) is 3.17. The molecule has 1 saturated heterocycles. The van der Waals surface area contributed by atoms with Gasteiger partial charge in [0.05, 0.1) is 6.10 Å². The van der Waals surface area contributed by atoms with Crippen molar-refractivity contribution >= 4 is 17.7 Å². The van der Waals surface area contributed by atoms with Gasteiger partial charge >= 0.3 is 11.9 Å². The summed E-state index contributed by atoms with van der Waals surface area (Å²) in [6.45, 7) is 12.7. The number of carbonyl (C=O) groups is 3. The van der Waals surface area contributed by atoms with Gasteiger partial charge in [0, 0.05) is 19.3 Å². The van der Waals surface area contributed by atoms with Crippen molar-refractivity contribution in [2.24, 2.45) is 11.3 Å². The Balaban J connectivity index is 1.95. The molecule has 1 aliphatic heterocycles. The first-order valence-corrected chi connectivity index (χ1v) is 10.1. The van der Waals surface area contributed by atoms with Crippen LogP contribution < -0.4 is 0 Å². The average molecular weight is 392 g/mol. The van der Waals surface area contributed by atoms with Crippen LogP contribution in [-0.4, -0.2) is 41.1 Å². The third-order valence-electron chi connectivity index (χ3n) is 7.22. The molecule has 0 aromatic rings. The van der Waals surface area contributed by atoms with Gasteiger partial charge in [-0.25, -0.2) is 4.79 Å². The van der Waals surface area contributed by atoms with Gasteiger partial charge in [-0.05, 0) is 64.9 Å². The third-order valence-corrected chi connectivity index (χ3v) is 7.22. The van der Waals surface area contributed by atoms with E-state index in [0.717, 1.165) is 17.6 Å². The lowest BCUT2D eigenvalue weighted by molar-refractivity contribution is -0.219. The molecule has 0 N–H and O–H groups in total. The minimum absolute atomic E-state index is 0.108. The number of esters is 2. The molecule has 1 heterocycles. The van der Waals surface area contributed by atoms with Crippen molar-refractivity contribution in [1.82, 2.24) is 0 Å².